The molecule has 2 saturated heterocycles. The molecule has 2 aliphatic heterocycles. The Hall–Kier alpha value is -1.27. The van der Waals surface area contributed by atoms with Crippen molar-refractivity contribution in [2.45, 2.75) is 331 Å². The molecule has 0 aromatic carbocycles. The second kappa shape index (κ2) is 44.8. The van der Waals surface area contributed by atoms with Crippen molar-refractivity contribution in [2.24, 2.45) is 0 Å². The molecule has 0 spiro atoms. The summed E-state index contributed by atoms with van der Waals surface area (Å²) in [5, 5.41) is 86.5. The van der Waals surface area contributed by atoms with Crippen molar-refractivity contribution in [1.29, 1.82) is 0 Å². The van der Waals surface area contributed by atoms with E-state index in [2.05, 4.69) is 31.3 Å². The first-order valence-electron chi connectivity index (χ1n) is 29.9. The summed E-state index contributed by atoms with van der Waals surface area (Å²) in [4.78, 5) is 13.1. The highest BCUT2D eigenvalue weighted by Gasteiger charge is 2.51. The molecule has 0 aliphatic carbocycles. The summed E-state index contributed by atoms with van der Waals surface area (Å²) < 4.78 is 22.7. The molecule has 0 aromatic rings. The number of carbonyl (C=O) groups is 1. The Morgan fingerprint density at radius 2 is 0.875 bits per heavy atom. The smallest absolute Gasteiger partial charge is 0.220 e. The Bertz CT molecular complexity index is 1260. The van der Waals surface area contributed by atoms with Gasteiger partial charge in [0.15, 0.2) is 12.6 Å². The SMILES string of the molecule is CCCCCCCCCC/C=C\CCCCCCCCCCCCCCCCCCCCCCCC(=O)NC(COC1OC(CO)C(OC2OC(CO)C(O)C(O)C2O)C(O)C1O)C(O)CCCCCCC. The number of unbranched alkanes of at least 4 members (excludes halogenated alkanes) is 33. The number of aliphatic hydroxyl groups excluding tert-OH is 8. The monoisotopic (exact) mass is 1030 g/mol. The zero-order chi connectivity index (χ0) is 52.4. The molecule has 2 rings (SSSR count). The normalized spacial score (nSPS) is 25.6. The van der Waals surface area contributed by atoms with Gasteiger partial charge >= 0.3 is 0 Å². The zero-order valence-electron chi connectivity index (χ0n) is 45.7. The van der Waals surface area contributed by atoms with E-state index in [1.807, 2.05) is 0 Å². The molecule has 2 fully saturated rings. The van der Waals surface area contributed by atoms with Crippen LogP contribution in [0.25, 0.3) is 0 Å². The third-order valence-electron chi connectivity index (χ3n) is 15.0. The maximum Gasteiger partial charge on any atom is 0.220 e. The van der Waals surface area contributed by atoms with E-state index < -0.39 is 86.8 Å². The van der Waals surface area contributed by atoms with Crippen LogP contribution in [0.15, 0.2) is 12.2 Å². The Morgan fingerprint density at radius 1 is 0.486 bits per heavy atom. The molecule has 0 aromatic heterocycles. The van der Waals surface area contributed by atoms with E-state index in [1.165, 1.54) is 173 Å². The van der Waals surface area contributed by atoms with E-state index in [9.17, 15) is 45.6 Å². The molecule has 2 heterocycles. The van der Waals surface area contributed by atoms with Crippen LogP contribution in [0.2, 0.25) is 0 Å². The van der Waals surface area contributed by atoms with E-state index in [4.69, 9.17) is 18.9 Å². The molecule has 0 saturated carbocycles. The van der Waals surface area contributed by atoms with Crippen molar-refractivity contribution in [2.75, 3.05) is 19.8 Å². The number of ether oxygens (including phenoxy) is 4. The molecule has 0 radical (unpaired) electrons. The van der Waals surface area contributed by atoms with Crippen LogP contribution in [0.4, 0.5) is 0 Å². The largest absolute Gasteiger partial charge is 0.394 e. The van der Waals surface area contributed by atoms with Gasteiger partial charge in [0, 0.05) is 6.42 Å². The predicted molar refractivity (Wildman–Crippen MR) is 286 cm³/mol. The first-order valence-corrected chi connectivity index (χ1v) is 29.9. The number of nitrogens with one attached hydrogen (secondary N) is 1. The number of aliphatic hydroxyl groups is 8. The van der Waals surface area contributed by atoms with Gasteiger partial charge in [-0.05, 0) is 38.5 Å². The van der Waals surface area contributed by atoms with E-state index >= 15 is 0 Å². The maximum absolute atomic E-state index is 13.1. The minimum Gasteiger partial charge on any atom is -0.394 e. The third kappa shape index (κ3) is 30.5. The third-order valence-corrected chi connectivity index (χ3v) is 15.0. The first kappa shape index (κ1) is 66.8. The van der Waals surface area contributed by atoms with Crippen LogP contribution in [0.5, 0.6) is 0 Å². The Balaban J connectivity index is 1.52. The average Bonchev–Trinajstić information content (AvgIpc) is 3.38. The molecule has 9 N–H and O–H groups in total. The van der Waals surface area contributed by atoms with Gasteiger partial charge in [0.25, 0.3) is 0 Å². The molecule has 14 heteroatoms. The number of hydrogen-bond acceptors (Lipinski definition) is 13. The first-order chi connectivity index (χ1) is 35.1. The quantitative estimate of drug-likeness (QED) is 0.0205. The van der Waals surface area contributed by atoms with Crippen molar-refractivity contribution in [1.82, 2.24) is 5.32 Å². The Kier molecular flexibility index (Phi) is 41.6. The summed E-state index contributed by atoms with van der Waals surface area (Å²) in [5.41, 5.74) is 0. The second-order valence-electron chi connectivity index (χ2n) is 21.5. The molecule has 72 heavy (non-hydrogen) atoms. The lowest BCUT2D eigenvalue weighted by atomic mass is 9.97. The van der Waals surface area contributed by atoms with Gasteiger partial charge in [-0.15, -0.1) is 0 Å². The van der Waals surface area contributed by atoms with Crippen molar-refractivity contribution in [3.8, 4) is 0 Å². The molecule has 426 valence electrons. The lowest BCUT2D eigenvalue weighted by Gasteiger charge is -2.46. The second-order valence-corrected chi connectivity index (χ2v) is 21.5. The van der Waals surface area contributed by atoms with E-state index in [-0.39, 0.29) is 12.5 Å². The van der Waals surface area contributed by atoms with E-state index in [0.29, 0.717) is 12.8 Å². The number of allylic oxidation sites excluding steroid dienone is 2. The van der Waals surface area contributed by atoms with Gasteiger partial charge in [-0.25, -0.2) is 0 Å². The summed E-state index contributed by atoms with van der Waals surface area (Å²) in [7, 11) is 0. The fourth-order valence-electron chi connectivity index (χ4n) is 10.1. The van der Waals surface area contributed by atoms with E-state index in [0.717, 1.165) is 57.8 Å². The fourth-order valence-corrected chi connectivity index (χ4v) is 10.1. The molecule has 14 nitrogen and oxygen atoms in total. The molecule has 2 aliphatic rings. The molecule has 12 atom stereocenters. The molecule has 1 amide bonds. The van der Waals surface area contributed by atoms with Gasteiger partial charge in [0.1, 0.15) is 48.8 Å². The average molecular weight is 1030 g/mol. The summed E-state index contributed by atoms with van der Waals surface area (Å²) in [5.74, 6) is -0.209. The van der Waals surface area contributed by atoms with Gasteiger partial charge in [-0.1, -0.05) is 225 Å². The topological polar surface area (TPSA) is 228 Å². The number of hydrogen-bond donors (Lipinski definition) is 9. The number of amides is 1. The highest BCUT2D eigenvalue weighted by molar-refractivity contribution is 5.76. The molecule has 12 unspecified atom stereocenters. The molecule has 0 bridgehead atoms. The van der Waals surface area contributed by atoms with Crippen LogP contribution in [-0.4, -0.2) is 140 Å². The van der Waals surface area contributed by atoms with Gasteiger partial charge < -0.3 is 65.1 Å². The van der Waals surface area contributed by atoms with Crippen LogP contribution in [-0.2, 0) is 23.7 Å². The molecular formula is C58H111NO13. The van der Waals surface area contributed by atoms with E-state index in [1.54, 1.807) is 0 Å². The predicted octanol–water partition coefficient (Wildman–Crippen LogP) is 9.89. The lowest BCUT2D eigenvalue weighted by molar-refractivity contribution is -0.359. The fraction of sp³-hybridized carbons (Fsp3) is 0.948. The highest BCUT2D eigenvalue weighted by atomic mass is 16.7. The van der Waals surface area contributed by atoms with Crippen LogP contribution in [0.1, 0.15) is 258 Å². The summed E-state index contributed by atoms with van der Waals surface area (Å²) in [6.45, 7) is 2.77. The standard InChI is InChI=1S/C58H111NO13/c1-3-5-7-9-10-11-12-13-14-15-16-17-18-19-20-21-22-23-24-25-26-27-28-29-30-31-32-33-34-35-36-38-40-42-50(63)59-46(47(62)41-39-37-8-6-4-2)45-69-57-55(68)53(66)56(49(44-61)71-57)72-58-54(67)52(65)51(64)48(43-60)70-58/h15-16,46-49,51-58,60-62,64-68H,3-14,17-45H2,1-2H3,(H,59,63)/b16-15-. The van der Waals surface area contributed by atoms with Gasteiger partial charge in [0.2, 0.25) is 5.91 Å². The van der Waals surface area contributed by atoms with Crippen molar-refractivity contribution in [3.05, 3.63) is 12.2 Å². The number of carbonyl (C=O) groups excluding carboxylic acids is 1. The lowest BCUT2D eigenvalue weighted by Crippen LogP contribution is -2.65. The van der Waals surface area contributed by atoms with Gasteiger partial charge in [0.05, 0.1) is 32.0 Å². The number of rotatable bonds is 48. The highest BCUT2D eigenvalue weighted by Crippen LogP contribution is 2.30. The summed E-state index contributed by atoms with van der Waals surface area (Å²) in [6.07, 6.45) is 34.6. The summed E-state index contributed by atoms with van der Waals surface area (Å²) in [6, 6.07) is -0.820. The minimum atomic E-state index is -1.78. The minimum absolute atomic E-state index is 0.209. The van der Waals surface area contributed by atoms with Crippen LogP contribution in [0, 0.1) is 0 Å². The van der Waals surface area contributed by atoms with Crippen LogP contribution in [0.3, 0.4) is 0 Å². The Morgan fingerprint density at radius 3 is 1.32 bits per heavy atom. The Labute approximate surface area is 437 Å². The maximum atomic E-state index is 13.1. The van der Waals surface area contributed by atoms with Crippen molar-refractivity contribution >= 4 is 5.91 Å². The van der Waals surface area contributed by atoms with Gasteiger partial charge in [-0.3, -0.25) is 4.79 Å². The van der Waals surface area contributed by atoms with Gasteiger partial charge in [-0.2, -0.15) is 0 Å². The van der Waals surface area contributed by atoms with Crippen LogP contribution < -0.4 is 5.32 Å². The van der Waals surface area contributed by atoms with Crippen molar-refractivity contribution < 1.29 is 64.6 Å². The van der Waals surface area contributed by atoms with Crippen LogP contribution >= 0.6 is 0 Å². The summed E-state index contributed by atoms with van der Waals surface area (Å²) >= 11 is 0. The molecular weight excluding hydrogens is 919 g/mol. The van der Waals surface area contributed by atoms with Crippen molar-refractivity contribution in [3.63, 3.8) is 0 Å². The zero-order valence-corrected chi connectivity index (χ0v) is 45.7.